The maximum absolute atomic E-state index is 12.9. The van der Waals surface area contributed by atoms with Crippen LogP contribution >= 0.6 is 12.6 Å². The number of nitrogens with one attached hydrogen (secondary N) is 1. The van der Waals surface area contributed by atoms with Crippen molar-refractivity contribution in [1.29, 1.82) is 0 Å². The predicted molar refractivity (Wildman–Crippen MR) is 139 cm³/mol. The summed E-state index contributed by atoms with van der Waals surface area (Å²) in [6, 6.07) is 7.19. The van der Waals surface area contributed by atoms with E-state index in [0.29, 0.717) is 13.7 Å². The summed E-state index contributed by atoms with van der Waals surface area (Å²) >= 11 is 4.20. The van der Waals surface area contributed by atoms with Crippen LogP contribution < -0.4 is 22.4 Å². The van der Waals surface area contributed by atoms with Crippen molar-refractivity contribution in [2.75, 3.05) is 31.7 Å². The van der Waals surface area contributed by atoms with Crippen molar-refractivity contribution in [2.24, 2.45) is 0 Å². The van der Waals surface area contributed by atoms with E-state index in [9.17, 15) is 28.8 Å². The average Bonchev–Trinajstić information content (AvgIpc) is 2.90. The maximum atomic E-state index is 12.9. The van der Waals surface area contributed by atoms with Gasteiger partial charge in [0.2, 0.25) is 0 Å². The van der Waals surface area contributed by atoms with Crippen LogP contribution in [0.5, 0.6) is 0 Å². The number of hydrogen-bond donors (Lipinski definition) is 2. The molecule has 14 heteroatoms. The molecule has 0 saturated heterocycles. The number of carbonyl (C=O) groups is 3. The van der Waals surface area contributed by atoms with Gasteiger partial charge in [-0.05, 0) is 24.3 Å². The second-order valence-electron chi connectivity index (χ2n) is 7.49. The highest BCUT2D eigenvalue weighted by molar-refractivity contribution is 7.80. The summed E-state index contributed by atoms with van der Waals surface area (Å²) in [6.07, 6.45) is 1.85. The van der Waals surface area contributed by atoms with Crippen LogP contribution in [-0.4, -0.2) is 58.0 Å². The lowest BCUT2D eigenvalue weighted by Crippen LogP contribution is -2.55. The molecule has 0 atom stereocenters. The quantitative estimate of drug-likeness (QED) is 0.134. The lowest BCUT2D eigenvalue weighted by molar-refractivity contribution is -0.143. The molecule has 0 bridgehead atoms. The smallest absolute Gasteiger partial charge is 0.336 e. The first-order valence-corrected chi connectivity index (χ1v) is 11.8. The Morgan fingerprint density at radius 3 is 1.61 bits per heavy atom. The Morgan fingerprint density at radius 1 is 0.763 bits per heavy atom. The molecule has 0 fully saturated rings. The van der Waals surface area contributed by atoms with Gasteiger partial charge in [-0.25, -0.2) is 37.7 Å². The van der Waals surface area contributed by atoms with Gasteiger partial charge >= 0.3 is 35.0 Å². The van der Waals surface area contributed by atoms with E-state index in [1.165, 1.54) is 0 Å². The zero-order valence-corrected chi connectivity index (χ0v) is 21.4. The minimum Gasteiger partial charge on any atom is -0.464 e. The third-order valence-corrected chi connectivity index (χ3v) is 5.24. The van der Waals surface area contributed by atoms with Gasteiger partial charge < -0.3 is 19.5 Å². The molecule has 0 aliphatic heterocycles. The van der Waals surface area contributed by atoms with Crippen molar-refractivity contribution in [2.45, 2.75) is 31.0 Å². The largest absolute Gasteiger partial charge is 0.464 e. The molecule has 0 saturated carbocycles. The van der Waals surface area contributed by atoms with E-state index in [0.717, 1.165) is 22.7 Å². The molecule has 0 radical (unpaired) electrons. The van der Waals surface area contributed by atoms with Crippen LogP contribution in [0.4, 0.5) is 5.69 Å². The fraction of sp³-hybridized carbons (Fsp3) is 0.333. The molecule has 1 heterocycles. The van der Waals surface area contributed by atoms with Crippen molar-refractivity contribution >= 4 is 36.2 Å². The molecule has 204 valence electrons. The van der Waals surface area contributed by atoms with Crippen molar-refractivity contribution in [3.8, 4) is 0 Å². The zero-order valence-electron chi connectivity index (χ0n) is 20.5. The van der Waals surface area contributed by atoms with Crippen molar-refractivity contribution < 1.29 is 28.6 Å². The molecule has 2 rings (SSSR count). The SMILES string of the molecule is C=CC(=O)OCCn1c(=O)n(CCOC(=O)C=C)c(=O)n(CCOC(=O)CCNc2ccc(S)cc2)c1=O. The van der Waals surface area contributed by atoms with Crippen LogP contribution in [0.3, 0.4) is 0 Å². The molecule has 1 aromatic heterocycles. The zero-order chi connectivity index (χ0) is 28.1. The van der Waals surface area contributed by atoms with Gasteiger partial charge in [-0.15, -0.1) is 12.6 Å². The Morgan fingerprint density at radius 2 is 1.18 bits per heavy atom. The van der Waals surface area contributed by atoms with Crippen LogP contribution in [-0.2, 0) is 48.2 Å². The van der Waals surface area contributed by atoms with E-state index in [1.54, 1.807) is 24.3 Å². The number of thiol groups is 1. The van der Waals surface area contributed by atoms with E-state index in [2.05, 4.69) is 31.1 Å². The third kappa shape index (κ3) is 8.96. The Bertz CT molecular complexity index is 1280. The minimum absolute atomic E-state index is 0.0184. The van der Waals surface area contributed by atoms with Gasteiger partial charge in [0.05, 0.1) is 26.1 Å². The molecule has 0 amide bonds. The van der Waals surface area contributed by atoms with Gasteiger partial charge in [0, 0.05) is 29.3 Å². The first-order chi connectivity index (χ1) is 18.2. The number of carbonyl (C=O) groups excluding carboxylic acids is 3. The summed E-state index contributed by atoms with van der Waals surface area (Å²) in [6.45, 7) is 4.71. The molecule has 0 aliphatic carbocycles. The van der Waals surface area contributed by atoms with Gasteiger partial charge in [-0.1, -0.05) is 13.2 Å². The highest BCUT2D eigenvalue weighted by Crippen LogP contribution is 2.11. The number of nitrogens with zero attached hydrogens (tertiary/aromatic N) is 3. The van der Waals surface area contributed by atoms with E-state index >= 15 is 0 Å². The molecule has 1 N–H and O–H groups in total. The van der Waals surface area contributed by atoms with Crippen LogP contribution in [0, 0.1) is 0 Å². The van der Waals surface area contributed by atoms with Crippen molar-refractivity contribution in [3.05, 3.63) is 81.0 Å². The number of aromatic nitrogens is 3. The summed E-state index contributed by atoms with van der Waals surface area (Å²) in [5.74, 6) is -2.09. The first-order valence-electron chi connectivity index (χ1n) is 11.4. The summed E-state index contributed by atoms with van der Waals surface area (Å²) in [4.78, 5) is 74.0. The number of rotatable bonds is 15. The maximum Gasteiger partial charge on any atom is 0.336 e. The lowest BCUT2D eigenvalue weighted by atomic mass is 10.3. The first kappa shape index (κ1) is 29.9. The molecule has 0 spiro atoms. The van der Waals surface area contributed by atoms with Crippen molar-refractivity contribution in [3.63, 3.8) is 0 Å². The highest BCUT2D eigenvalue weighted by Gasteiger charge is 2.17. The molecule has 1 aromatic carbocycles. The molecule has 13 nitrogen and oxygen atoms in total. The lowest BCUT2D eigenvalue weighted by Gasteiger charge is -2.14. The fourth-order valence-corrected chi connectivity index (χ4v) is 3.21. The monoisotopic (exact) mass is 548 g/mol. The Labute approximate surface area is 222 Å². The van der Waals surface area contributed by atoms with Gasteiger partial charge in [0.15, 0.2) is 0 Å². The van der Waals surface area contributed by atoms with E-state index in [4.69, 9.17) is 14.2 Å². The summed E-state index contributed by atoms with van der Waals surface area (Å²) in [7, 11) is 0. The Hall–Kier alpha value is -4.33. The van der Waals surface area contributed by atoms with Crippen LogP contribution in [0.25, 0.3) is 0 Å². The molecular formula is C24H28N4O9S. The van der Waals surface area contributed by atoms with E-state index in [1.807, 2.05) is 0 Å². The molecular weight excluding hydrogens is 520 g/mol. The highest BCUT2D eigenvalue weighted by atomic mass is 32.1. The second-order valence-corrected chi connectivity index (χ2v) is 8.01. The predicted octanol–water partition coefficient (Wildman–Crippen LogP) is -0.0358. The Kier molecular flexibility index (Phi) is 11.8. The standard InChI is InChI=1S/C24H28N4O9S/c1-3-19(29)35-14-11-26-22(32)27(12-15-36-20(30)4-2)24(34)28(23(26)33)13-16-37-21(31)9-10-25-17-5-7-18(38)8-6-17/h3-8,25,38H,1-2,9-16H2. The van der Waals surface area contributed by atoms with Crippen molar-refractivity contribution in [1.82, 2.24) is 13.7 Å². The molecule has 2 aromatic rings. The van der Waals surface area contributed by atoms with Crippen LogP contribution in [0.2, 0.25) is 0 Å². The second kappa shape index (κ2) is 15.0. The normalized spacial score (nSPS) is 10.3. The molecule has 0 aliphatic rings. The average molecular weight is 549 g/mol. The number of esters is 3. The number of benzene rings is 1. The van der Waals surface area contributed by atoms with Crippen LogP contribution in [0.1, 0.15) is 6.42 Å². The topological polar surface area (TPSA) is 157 Å². The summed E-state index contributed by atoms with van der Waals surface area (Å²) in [5, 5.41) is 3.05. The fourth-order valence-electron chi connectivity index (χ4n) is 3.06. The van der Waals surface area contributed by atoms with Crippen LogP contribution in [0.15, 0.2) is 68.9 Å². The van der Waals surface area contributed by atoms with E-state index < -0.39 is 35.0 Å². The number of anilines is 1. The third-order valence-electron chi connectivity index (χ3n) is 4.94. The molecule has 38 heavy (non-hydrogen) atoms. The van der Waals surface area contributed by atoms with Gasteiger partial charge in [-0.2, -0.15) is 0 Å². The van der Waals surface area contributed by atoms with E-state index in [-0.39, 0.29) is 52.4 Å². The van der Waals surface area contributed by atoms with Gasteiger partial charge in [-0.3, -0.25) is 4.79 Å². The summed E-state index contributed by atoms with van der Waals surface area (Å²) in [5.41, 5.74) is -2.17. The van der Waals surface area contributed by atoms with Gasteiger partial charge in [0.1, 0.15) is 19.8 Å². The number of ether oxygens (including phenoxy) is 3. The van der Waals surface area contributed by atoms with Gasteiger partial charge in [0.25, 0.3) is 0 Å². The Balaban J connectivity index is 2.09. The molecule has 0 unspecified atom stereocenters. The minimum atomic E-state index is -0.991. The summed E-state index contributed by atoms with van der Waals surface area (Å²) < 4.78 is 16.9. The number of hydrogen-bond acceptors (Lipinski definition) is 11.